The van der Waals surface area contributed by atoms with E-state index in [4.69, 9.17) is 10.5 Å². The van der Waals surface area contributed by atoms with Crippen molar-refractivity contribution in [3.63, 3.8) is 0 Å². The van der Waals surface area contributed by atoms with Crippen LogP contribution in [0.5, 0.6) is 0 Å². The van der Waals surface area contributed by atoms with E-state index in [-0.39, 0.29) is 5.91 Å². The summed E-state index contributed by atoms with van der Waals surface area (Å²) < 4.78 is 5.30. The third kappa shape index (κ3) is 4.74. The average Bonchev–Trinajstić information content (AvgIpc) is 3.41. The lowest BCUT2D eigenvalue weighted by atomic mass is 9.86. The lowest BCUT2D eigenvalue weighted by Gasteiger charge is -2.26. The van der Waals surface area contributed by atoms with Crippen LogP contribution in [-0.2, 0) is 4.74 Å². The Morgan fingerprint density at radius 3 is 2.67 bits per heavy atom. The number of pyridine rings is 1. The van der Waals surface area contributed by atoms with E-state index in [9.17, 15) is 4.79 Å². The number of nitrogens with two attached hydrogens (primary N) is 1. The van der Waals surface area contributed by atoms with Crippen LogP contribution in [0.3, 0.4) is 0 Å². The Bertz CT molecular complexity index is 846. The van der Waals surface area contributed by atoms with Crippen LogP contribution in [0.15, 0.2) is 48.7 Å². The number of carbonyl (C=O) groups excluding carboxylic acids is 1. The summed E-state index contributed by atoms with van der Waals surface area (Å²) >= 11 is 0. The maximum absolute atomic E-state index is 12.4. The van der Waals surface area contributed by atoms with E-state index >= 15 is 0 Å². The Labute approximate surface area is 178 Å². The van der Waals surface area contributed by atoms with Gasteiger partial charge in [0.25, 0.3) is 5.91 Å². The van der Waals surface area contributed by atoms with Gasteiger partial charge in [-0.05, 0) is 37.1 Å². The van der Waals surface area contributed by atoms with Crippen molar-refractivity contribution in [1.82, 2.24) is 10.3 Å². The number of benzene rings is 1. The smallest absolute Gasteiger partial charge is 0.251 e. The molecule has 7 nitrogen and oxygen atoms in total. The number of para-hydroxylation sites is 1. The van der Waals surface area contributed by atoms with Crippen molar-refractivity contribution in [1.29, 1.82) is 0 Å². The Morgan fingerprint density at radius 2 is 1.87 bits per heavy atom. The predicted molar refractivity (Wildman–Crippen MR) is 119 cm³/mol. The quantitative estimate of drug-likeness (QED) is 0.648. The number of carbonyl (C=O) groups is 1. The number of hydrogen-bond donors (Lipinski definition) is 2. The molecular formula is C23H31N5O2. The average molecular weight is 410 g/mol. The summed E-state index contributed by atoms with van der Waals surface area (Å²) in [6, 6.07) is 14.3. The molecular weight excluding hydrogens is 378 g/mol. The summed E-state index contributed by atoms with van der Waals surface area (Å²) in [7, 11) is 0. The zero-order chi connectivity index (χ0) is 20.8. The normalized spacial score (nSPS) is 20.8. The van der Waals surface area contributed by atoms with Crippen molar-refractivity contribution in [2.75, 3.05) is 62.3 Å². The van der Waals surface area contributed by atoms with Crippen LogP contribution in [0.25, 0.3) is 0 Å². The minimum atomic E-state index is -0.0972. The molecule has 0 radical (unpaired) electrons. The van der Waals surface area contributed by atoms with E-state index in [0.29, 0.717) is 37.3 Å². The molecule has 1 atom stereocenters. The first-order valence-electron chi connectivity index (χ1n) is 10.8. The highest BCUT2D eigenvalue weighted by Gasteiger charge is 2.43. The molecule has 160 valence electrons. The molecule has 3 heterocycles. The van der Waals surface area contributed by atoms with Crippen LogP contribution in [0, 0.1) is 5.41 Å². The standard InChI is InChI=1S/C23H31N5O2/c24-9-14-30-15-11-26-22(29)19-6-10-25-21(16-19)28-13-8-23(18-28)7-12-27(17-23)20-4-2-1-3-5-20/h1-6,10,16H,7-9,11-15,17-18,24H2,(H,26,29). The van der Waals surface area contributed by atoms with Gasteiger partial charge in [-0.15, -0.1) is 0 Å². The van der Waals surface area contributed by atoms with E-state index in [1.54, 1.807) is 12.3 Å². The number of aromatic nitrogens is 1. The van der Waals surface area contributed by atoms with Crippen LogP contribution in [0.1, 0.15) is 23.2 Å². The molecule has 1 aromatic carbocycles. The Morgan fingerprint density at radius 1 is 1.10 bits per heavy atom. The van der Waals surface area contributed by atoms with Crippen LogP contribution >= 0.6 is 0 Å². The fraction of sp³-hybridized carbons (Fsp3) is 0.478. The number of rotatable bonds is 8. The second-order valence-electron chi connectivity index (χ2n) is 8.24. The largest absolute Gasteiger partial charge is 0.378 e. The molecule has 0 bridgehead atoms. The Kier molecular flexibility index (Phi) is 6.50. The molecule has 1 amide bonds. The van der Waals surface area contributed by atoms with E-state index < -0.39 is 0 Å². The lowest BCUT2D eigenvalue weighted by Crippen LogP contribution is -2.31. The maximum atomic E-state index is 12.4. The molecule has 2 aliphatic rings. The van der Waals surface area contributed by atoms with Gasteiger partial charge in [0.1, 0.15) is 5.82 Å². The SMILES string of the molecule is NCCOCCNC(=O)c1ccnc(N2CCC3(CCN(c4ccccc4)C3)C2)c1. The highest BCUT2D eigenvalue weighted by Crippen LogP contribution is 2.42. The first-order chi connectivity index (χ1) is 14.7. The zero-order valence-electron chi connectivity index (χ0n) is 17.4. The molecule has 1 unspecified atom stereocenters. The zero-order valence-corrected chi connectivity index (χ0v) is 17.4. The topological polar surface area (TPSA) is 83.7 Å². The number of nitrogens with one attached hydrogen (secondary N) is 1. The fourth-order valence-electron chi connectivity index (χ4n) is 4.51. The molecule has 3 N–H and O–H groups in total. The van der Waals surface area contributed by atoms with E-state index in [2.05, 4.69) is 50.4 Å². The van der Waals surface area contributed by atoms with Gasteiger partial charge in [-0.25, -0.2) is 4.98 Å². The van der Waals surface area contributed by atoms with E-state index in [0.717, 1.165) is 38.4 Å². The summed E-state index contributed by atoms with van der Waals surface area (Å²) in [4.78, 5) is 21.8. The van der Waals surface area contributed by atoms with Gasteiger partial charge in [-0.3, -0.25) is 4.79 Å². The molecule has 2 fully saturated rings. The third-order valence-corrected chi connectivity index (χ3v) is 6.12. The summed E-state index contributed by atoms with van der Waals surface area (Å²) in [6.07, 6.45) is 4.08. The highest BCUT2D eigenvalue weighted by molar-refractivity contribution is 5.94. The molecule has 2 aliphatic heterocycles. The molecule has 1 spiro atoms. The van der Waals surface area contributed by atoms with Gasteiger partial charge in [-0.1, -0.05) is 18.2 Å². The lowest BCUT2D eigenvalue weighted by molar-refractivity contribution is 0.0920. The van der Waals surface area contributed by atoms with Gasteiger partial charge < -0.3 is 25.6 Å². The minimum Gasteiger partial charge on any atom is -0.378 e. The summed E-state index contributed by atoms with van der Waals surface area (Å²) in [6.45, 7) is 6.08. The van der Waals surface area contributed by atoms with Crippen LogP contribution in [-0.4, -0.2) is 63.4 Å². The van der Waals surface area contributed by atoms with E-state index in [1.165, 1.54) is 12.1 Å². The summed E-state index contributed by atoms with van der Waals surface area (Å²) in [5, 5.41) is 2.89. The van der Waals surface area contributed by atoms with Gasteiger partial charge in [0.2, 0.25) is 0 Å². The van der Waals surface area contributed by atoms with Crippen LogP contribution < -0.4 is 20.9 Å². The maximum Gasteiger partial charge on any atom is 0.251 e. The van der Waals surface area contributed by atoms with Crippen molar-refractivity contribution in [3.05, 3.63) is 54.2 Å². The first-order valence-corrected chi connectivity index (χ1v) is 10.8. The number of ether oxygens (including phenoxy) is 1. The highest BCUT2D eigenvalue weighted by atomic mass is 16.5. The van der Waals surface area contributed by atoms with E-state index in [1.807, 2.05) is 6.07 Å². The molecule has 2 saturated heterocycles. The van der Waals surface area contributed by atoms with Crippen LogP contribution in [0.2, 0.25) is 0 Å². The van der Waals surface area contributed by atoms with Crippen molar-refractivity contribution < 1.29 is 9.53 Å². The Hall–Kier alpha value is -2.64. The summed E-state index contributed by atoms with van der Waals surface area (Å²) in [5.74, 6) is 0.789. The molecule has 30 heavy (non-hydrogen) atoms. The second kappa shape index (κ2) is 9.45. The monoisotopic (exact) mass is 409 g/mol. The van der Waals surface area contributed by atoms with Gasteiger partial charge >= 0.3 is 0 Å². The first kappa shape index (κ1) is 20.6. The number of anilines is 2. The molecule has 2 aromatic rings. The van der Waals surface area contributed by atoms with Crippen molar-refractivity contribution in [2.45, 2.75) is 12.8 Å². The fourth-order valence-corrected chi connectivity index (χ4v) is 4.51. The van der Waals surface area contributed by atoms with Crippen LogP contribution in [0.4, 0.5) is 11.5 Å². The number of hydrogen-bond acceptors (Lipinski definition) is 6. The van der Waals surface area contributed by atoms with Gasteiger partial charge in [0, 0.05) is 62.1 Å². The minimum absolute atomic E-state index is 0.0972. The molecule has 7 heteroatoms. The van der Waals surface area contributed by atoms with Crippen molar-refractivity contribution in [2.24, 2.45) is 11.1 Å². The molecule has 1 aromatic heterocycles. The predicted octanol–water partition coefficient (Wildman–Crippen LogP) is 1.89. The second-order valence-corrected chi connectivity index (χ2v) is 8.24. The molecule has 0 aliphatic carbocycles. The van der Waals surface area contributed by atoms with Gasteiger partial charge in [-0.2, -0.15) is 0 Å². The Balaban J connectivity index is 1.34. The number of nitrogens with zero attached hydrogens (tertiary/aromatic N) is 3. The summed E-state index contributed by atoms with van der Waals surface area (Å²) in [5.41, 5.74) is 7.64. The van der Waals surface area contributed by atoms with Gasteiger partial charge in [0.05, 0.1) is 13.2 Å². The molecule has 0 saturated carbocycles. The number of amides is 1. The van der Waals surface area contributed by atoms with Gasteiger partial charge in [0.15, 0.2) is 0 Å². The third-order valence-electron chi connectivity index (χ3n) is 6.12. The van der Waals surface area contributed by atoms with Crippen molar-refractivity contribution >= 4 is 17.4 Å². The van der Waals surface area contributed by atoms with Crippen molar-refractivity contribution in [3.8, 4) is 0 Å². The molecule has 4 rings (SSSR count).